The molecule has 1 aliphatic carbocycles. The minimum absolute atomic E-state index is 0.0128. The lowest BCUT2D eigenvalue weighted by Gasteiger charge is -2.31. The molecule has 28 heavy (non-hydrogen) atoms. The van der Waals surface area contributed by atoms with Crippen molar-refractivity contribution < 1.29 is 19.5 Å². The Morgan fingerprint density at radius 3 is 2.14 bits per heavy atom. The fraction of sp³-hybridized carbons (Fsp3) is 0.857. The maximum absolute atomic E-state index is 13.0. The van der Waals surface area contributed by atoms with Gasteiger partial charge in [0.15, 0.2) is 5.78 Å². The van der Waals surface area contributed by atoms with Gasteiger partial charge in [-0.1, -0.05) is 33.1 Å². The van der Waals surface area contributed by atoms with Crippen molar-refractivity contribution in [1.82, 2.24) is 5.32 Å². The lowest BCUT2D eigenvalue weighted by Crippen LogP contribution is -2.51. The first-order valence-corrected chi connectivity index (χ1v) is 10.7. The van der Waals surface area contributed by atoms with Crippen molar-refractivity contribution >= 4 is 17.5 Å². The van der Waals surface area contributed by atoms with Gasteiger partial charge in [0.25, 0.3) is 0 Å². The third kappa shape index (κ3) is 7.26. The summed E-state index contributed by atoms with van der Waals surface area (Å²) < 4.78 is 0. The minimum atomic E-state index is -0.999. The van der Waals surface area contributed by atoms with Gasteiger partial charge in [-0.25, -0.2) is 0 Å². The van der Waals surface area contributed by atoms with Gasteiger partial charge in [-0.15, -0.1) is 0 Å². The summed E-state index contributed by atoms with van der Waals surface area (Å²) in [5.41, 5.74) is 11.4. The Kier molecular flexibility index (Phi) is 10.9. The van der Waals surface area contributed by atoms with Crippen molar-refractivity contribution in [3.63, 3.8) is 0 Å². The number of rotatable bonds is 12. The zero-order valence-electron chi connectivity index (χ0n) is 17.7. The van der Waals surface area contributed by atoms with Gasteiger partial charge in [-0.2, -0.15) is 0 Å². The van der Waals surface area contributed by atoms with Crippen LogP contribution in [0.4, 0.5) is 0 Å². The molecule has 1 amide bonds. The summed E-state index contributed by atoms with van der Waals surface area (Å²) in [7, 11) is 0. The SMILES string of the molecule is CC(C)C(=O)[C@H](CN)NC(=O)[C@@H](CC(=O)C(CCN)C1CCCCC1)C(C)O. The highest BCUT2D eigenvalue weighted by molar-refractivity contribution is 5.93. The van der Waals surface area contributed by atoms with Crippen molar-refractivity contribution in [1.29, 1.82) is 0 Å². The van der Waals surface area contributed by atoms with E-state index in [0.717, 1.165) is 25.7 Å². The first kappa shape index (κ1) is 24.7. The molecule has 162 valence electrons. The molecule has 1 rings (SSSR count). The molecule has 1 fully saturated rings. The summed E-state index contributed by atoms with van der Waals surface area (Å²) in [6, 6.07) is -0.804. The number of nitrogens with one attached hydrogen (secondary N) is 1. The summed E-state index contributed by atoms with van der Waals surface area (Å²) in [6.45, 7) is 5.40. The Morgan fingerprint density at radius 2 is 1.68 bits per heavy atom. The summed E-state index contributed by atoms with van der Waals surface area (Å²) in [5, 5.41) is 12.8. The van der Waals surface area contributed by atoms with Gasteiger partial charge in [0, 0.05) is 24.8 Å². The first-order chi connectivity index (χ1) is 13.2. The normalized spacial score (nSPS) is 19.7. The molecule has 0 saturated heterocycles. The average Bonchev–Trinajstić information content (AvgIpc) is 2.67. The van der Waals surface area contributed by atoms with Crippen molar-refractivity contribution in [3.8, 4) is 0 Å². The van der Waals surface area contributed by atoms with E-state index in [1.807, 2.05) is 0 Å². The van der Waals surface area contributed by atoms with Crippen molar-refractivity contribution in [2.45, 2.75) is 77.9 Å². The fourth-order valence-corrected chi connectivity index (χ4v) is 4.15. The number of carbonyl (C=O) groups is 3. The second-order valence-electron chi connectivity index (χ2n) is 8.45. The molecule has 0 aromatic carbocycles. The smallest absolute Gasteiger partial charge is 0.226 e. The van der Waals surface area contributed by atoms with E-state index >= 15 is 0 Å². The predicted molar refractivity (Wildman–Crippen MR) is 109 cm³/mol. The Balaban J connectivity index is 2.84. The number of ketones is 2. The Bertz CT molecular complexity index is 516. The first-order valence-electron chi connectivity index (χ1n) is 10.7. The van der Waals surface area contributed by atoms with Gasteiger partial charge >= 0.3 is 0 Å². The molecule has 0 aromatic rings. The predicted octanol–water partition coefficient (Wildman–Crippen LogP) is 1.16. The van der Waals surface area contributed by atoms with Crippen LogP contribution in [0, 0.1) is 23.7 Å². The van der Waals surface area contributed by atoms with Crippen LogP contribution in [0.1, 0.15) is 65.7 Å². The molecule has 4 atom stereocenters. The maximum atomic E-state index is 13.0. The number of aliphatic hydroxyl groups excluding tert-OH is 1. The number of aliphatic hydroxyl groups is 1. The van der Waals surface area contributed by atoms with E-state index in [2.05, 4.69) is 5.32 Å². The van der Waals surface area contributed by atoms with Crippen LogP contribution in [-0.2, 0) is 14.4 Å². The lowest BCUT2D eigenvalue weighted by atomic mass is 9.74. The van der Waals surface area contributed by atoms with E-state index in [9.17, 15) is 19.5 Å². The van der Waals surface area contributed by atoms with E-state index < -0.39 is 24.0 Å². The fourth-order valence-electron chi connectivity index (χ4n) is 4.15. The number of nitrogens with two attached hydrogens (primary N) is 2. The van der Waals surface area contributed by atoms with Gasteiger partial charge in [0.1, 0.15) is 5.78 Å². The molecule has 2 unspecified atom stereocenters. The van der Waals surface area contributed by atoms with E-state index in [1.165, 1.54) is 13.3 Å². The molecule has 0 radical (unpaired) electrons. The number of carbonyl (C=O) groups excluding carboxylic acids is 3. The van der Waals surface area contributed by atoms with Crippen molar-refractivity contribution in [2.75, 3.05) is 13.1 Å². The van der Waals surface area contributed by atoms with Crippen LogP contribution in [0.2, 0.25) is 0 Å². The second kappa shape index (κ2) is 12.3. The van der Waals surface area contributed by atoms with Crippen molar-refractivity contribution in [2.24, 2.45) is 35.1 Å². The molecule has 0 aliphatic heterocycles. The standard InChI is InChI=1S/C21H39N3O4/c1-13(2)20(27)18(12-23)24-21(28)17(14(3)25)11-19(26)16(9-10-22)15-7-5-4-6-8-15/h13-18,25H,4-12,22-23H2,1-3H3,(H,24,28)/t14?,16?,17-,18-/m0/s1. The quantitative estimate of drug-likeness (QED) is 0.390. The zero-order valence-corrected chi connectivity index (χ0v) is 17.7. The van der Waals surface area contributed by atoms with E-state index in [1.54, 1.807) is 13.8 Å². The van der Waals surface area contributed by atoms with Crippen LogP contribution >= 0.6 is 0 Å². The molecule has 0 bridgehead atoms. The summed E-state index contributed by atoms with van der Waals surface area (Å²) in [4.78, 5) is 37.9. The maximum Gasteiger partial charge on any atom is 0.226 e. The number of hydrogen-bond donors (Lipinski definition) is 4. The second-order valence-corrected chi connectivity index (χ2v) is 8.45. The summed E-state index contributed by atoms with van der Waals surface area (Å²) in [6.07, 6.45) is 5.03. The van der Waals surface area contributed by atoms with Gasteiger partial charge in [0.05, 0.1) is 18.1 Å². The zero-order chi connectivity index (χ0) is 21.3. The molecule has 0 aromatic heterocycles. The lowest BCUT2D eigenvalue weighted by molar-refractivity contribution is -0.137. The van der Waals surface area contributed by atoms with Gasteiger partial charge < -0.3 is 21.9 Å². The van der Waals surface area contributed by atoms with Crippen LogP contribution in [0.25, 0.3) is 0 Å². The Hall–Kier alpha value is -1.31. The number of hydrogen-bond acceptors (Lipinski definition) is 6. The monoisotopic (exact) mass is 397 g/mol. The molecule has 0 spiro atoms. The van der Waals surface area contributed by atoms with E-state index in [4.69, 9.17) is 11.5 Å². The van der Waals surface area contributed by atoms with Crippen molar-refractivity contribution in [3.05, 3.63) is 0 Å². The molecule has 7 nitrogen and oxygen atoms in total. The van der Waals surface area contributed by atoms with Crippen LogP contribution < -0.4 is 16.8 Å². The molecule has 6 N–H and O–H groups in total. The third-order valence-electron chi connectivity index (χ3n) is 5.91. The Labute approximate surface area is 169 Å². The number of Topliss-reactive ketones (excluding diaryl/α,β-unsaturated/α-hetero) is 2. The summed E-state index contributed by atoms with van der Waals surface area (Å²) >= 11 is 0. The van der Waals surface area contributed by atoms with Gasteiger partial charge in [0.2, 0.25) is 5.91 Å². The third-order valence-corrected chi connectivity index (χ3v) is 5.91. The van der Waals surface area contributed by atoms with E-state index in [0.29, 0.717) is 18.9 Å². The molecule has 1 saturated carbocycles. The Morgan fingerprint density at radius 1 is 1.07 bits per heavy atom. The van der Waals surface area contributed by atoms with Crippen LogP contribution in [0.15, 0.2) is 0 Å². The van der Waals surface area contributed by atoms with Crippen LogP contribution in [0.3, 0.4) is 0 Å². The molecular formula is C21H39N3O4. The van der Waals surface area contributed by atoms with Gasteiger partial charge in [-0.3, -0.25) is 14.4 Å². The molecule has 1 aliphatic rings. The number of amides is 1. The van der Waals surface area contributed by atoms with E-state index in [-0.39, 0.29) is 36.4 Å². The minimum Gasteiger partial charge on any atom is -0.393 e. The highest BCUT2D eigenvalue weighted by atomic mass is 16.3. The average molecular weight is 398 g/mol. The highest BCUT2D eigenvalue weighted by Gasteiger charge is 2.35. The molecular weight excluding hydrogens is 358 g/mol. The molecule has 0 heterocycles. The highest BCUT2D eigenvalue weighted by Crippen LogP contribution is 2.33. The van der Waals surface area contributed by atoms with Gasteiger partial charge in [-0.05, 0) is 38.6 Å². The topological polar surface area (TPSA) is 136 Å². The van der Waals surface area contributed by atoms with Crippen LogP contribution in [-0.4, -0.2) is 47.8 Å². The summed E-state index contributed by atoms with van der Waals surface area (Å²) in [5.74, 6) is -1.69. The molecule has 7 heteroatoms. The largest absolute Gasteiger partial charge is 0.393 e. The van der Waals surface area contributed by atoms with Crippen LogP contribution in [0.5, 0.6) is 0 Å².